The molecule has 3 nitrogen and oxygen atoms in total. The third-order valence-electron chi connectivity index (χ3n) is 4.36. The molecule has 3 unspecified atom stereocenters. The summed E-state index contributed by atoms with van der Waals surface area (Å²) in [6, 6.07) is 7.29. The van der Waals surface area contributed by atoms with Gasteiger partial charge in [-0.1, -0.05) is 19.1 Å². The zero-order valence-corrected chi connectivity index (χ0v) is 13.7. The second-order valence-electron chi connectivity index (χ2n) is 5.53. The predicted octanol–water partition coefficient (Wildman–Crippen LogP) is 2.83. The van der Waals surface area contributed by atoms with Gasteiger partial charge in [-0.15, -0.1) is 0 Å². The molecule has 0 saturated carbocycles. The lowest BCUT2D eigenvalue weighted by Gasteiger charge is -2.42. The summed E-state index contributed by atoms with van der Waals surface area (Å²) in [7, 11) is 1.72. The van der Waals surface area contributed by atoms with E-state index in [0.29, 0.717) is 23.9 Å². The third kappa shape index (κ3) is 3.13. The van der Waals surface area contributed by atoms with E-state index in [1.54, 1.807) is 7.11 Å². The highest BCUT2D eigenvalue weighted by Gasteiger charge is 2.30. The van der Waals surface area contributed by atoms with Gasteiger partial charge in [-0.05, 0) is 31.0 Å². The first-order valence-corrected chi connectivity index (χ1v) is 8.35. The molecule has 1 aliphatic rings. The molecule has 0 radical (unpaired) electrons. The quantitative estimate of drug-likeness (QED) is 0.927. The Hall–Kier alpha value is -0.710. The van der Waals surface area contributed by atoms with Crippen LogP contribution in [0, 0.1) is 6.92 Å². The highest BCUT2D eigenvalue weighted by molar-refractivity contribution is 8.00. The minimum Gasteiger partial charge on any atom is -0.496 e. The summed E-state index contributed by atoms with van der Waals surface area (Å²) in [6.45, 7) is 8.49. The van der Waals surface area contributed by atoms with Crippen LogP contribution in [0.3, 0.4) is 0 Å². The number of hydrogen-bond donors (Lipinski definition) is 1. The lowest BCUT2D eigenvalue weighted by Crippen LogP contribution is -2.48. The van der Waals surface area contributed by atoms with E-state index in [1.165, 1.54) is 16.9 Å². The number of methoxy groups -OCH3 is 1. The smallest absolute Gasteiger partial charge is 0.121 e. The van der Waals surface area contributed by atoms with E-state index in [-0.39, 0.29) is 0 Å². The summed E-state index contributed by atoms with van der Waals surface area (Å²) in [4.78, 5) is 2.56. The van der Waals surface area contributed by atoms with E-state index in [1.807, 2.05) is 0 Å². The van der Waals surface area contributed by atoms with Crippen molar-refractivity contribution in [3.63, 3.8) is 0 Å². The van der Waals surface area contributed by atoms with Gasteiger partial charge in [-0.25, -0.2) is 0 Å². The van der Waals surface area contributed by atoms with Crippen molar-refractivity contribution in [1.29, 1.82) is 0 Å². The van der Waals surface area contributed by atoms with Crippen molar-refractivity contribution in [2.75, 3.05) is 26.0 Å². The molecule has 0 bridgehead atoms. The molecule has 0 aromatic heterocycles. The second kappa shape index (κ2) is 6.83. The number of ether oxygens (including phenoxy) is 1. The Morgan fingerprint density at radius 1 is 1.45 bits per heavy atom. The van der Waals surface area contributed by atoms with E-state index in [0.717, 1.165) is 12.3 Å². The monoisotopic (exact) mass is 294 g/mol. The van der Waals surface area contributed by atoms with Crippen molar-refractivity contribution in [2.45, 2.75) is 38.1 Å². The zero-order chi connectivity index (χ0) is 14.7. The van der Waals surface area contributed by atoms with Gasteiger partial charge in [0.05, 0.1) is 7.11 Å². The van der Waals surface area contributed by atoms with Gasteiger partial charge >= 0.3 is 0 Å². The van der Waals surface area contributed by atoms with Crippen LogP contribution in [0.2, 0.25) is 0 Å². The predicted molar refractivity (Wildman–Crippen MR) is 87.6 cm³/mol. The van der Waals surface area contributed by atoms with E-state index < -0.39 is 0 Å². The Balaban J connectivity index is 2.25. The summed E-state index contributed by atoms with van der Waals surface area (Å²) in [5, 5.41) is 0.664. The molecule has 4 heteroatoms. The summed E-state index contributed by atoms with van der Waals surface area (Å²) < 4.78 is 5.35. The van der Waals surface area contributed by atoms with Crippen molar-refractivity contribution in [3.05, 3.63) is 29.3 Å². The molecule has 2 N–H and O–H groups in total. The highest BCUT2D eigenvalue weighted by atomic mass is 32.2. The fourth-order valence-electron chi connectivity index (χ4n) is 2.97. The molecule has 1 heterocycles. The first kappa shape index (κ1) is 15.7. The first-order valence-electron chi connectivity index (χ1n) is 7.30. The lowest BCUT2D eigenvalue weighted by molar-refractivity contribution is 0.150. The maximum absolute atomic E-state index is 6.08. The maximum Gasteiger partial charge on any atom is 0.121 e. The van der Waals surface area contributed by atoms with E-state index in [9.17, 15) is 0 Å². The molecule has 2 rings (SSSR count). The summed E-state index contributed by atoms with van der Waals surface area (Å²) >= 11 is 2.06. The van der Waals surface area contributed by atoms with Crippen LogP contribution in [0.5, 0.6) is 5.75 Å². The van der Waals surface area contributed by atoms with E-state index in [4.69, 9.17) is 10.5 Å². The minimum absolute atomic E-state index is 0.304. The number of nitrogens with zero attached hydrogens (tertiary/aromatic N) is 1. The van der Waals surface area contributed by atoms with Crippen LogP contribution in [-0.4, -0.2) is 42.1 Å². The zero-order valence-electron chi connectivity index (χ0n) is 12.9. The number of benzene rings is 1. The van der Waals surface area contributed by atoms with Gasteiger partial charge in [-0.2, -0.15) is 11.8 Å². The molecule has 20 heavy (non-hydrogen) atoms. The Kier molecular flexibility index (Phi) is 5.35. The first-order chi connectivity index (χ1) is 9.58. The van der Waals surface area contributed by atoms with Crippen molar-refractivity contribution in [2.24, 2.45) is 5.73 Å². The largest absolute Gasteiger partial charge is 0.496 e. The van der Waals surface area contributed by atoms with Crippen molar-refractivity contribution in [3.8, 4) is 5.75 Å². The number of aryl methyl sites for hydroxylation is 1. The molecular weight excluding hydrogens is 268 g/mol. The van der Waals surface area contributed by atoms with Crippen LogP contribution in [0.1, 0.15) is 31.0 Å². The minimum atomic E-state index is 0.304. The topological polar surface area (TPSA) is 38.5 Å². The van der Waals surface area contributed by atoms with Gasteiger partial charge in [0.25, 0.3) is 0 Å². The summed E-state index contributed by atoms with van der Waals surface area (Å²) in [5.74, 6) is 2.14. The average Bonchev–Trinajstić information content (AvgIpc) is 2.44. The Labute approximate surface area is 126 Å². The molecule has 1 aliphatic heterocycles. The standard InChI is InChI=1S/C16H26N2OS/c1-11-9-14(5-6-16(11)19-4)15(10-17)18-7-8-20-13(3)12(18)2/h5-6,9,12-13,15H,7-8,10,17H2,1-4H3. The molecule has 0 aliphatic carbocycles. The van der Waals surface area contributed by atoms with Gasteiger partial charge in [0.1, 0.15) is 5.75 Å². The molecule has 1 aromatic rings. The maximum atomic E-state index is 6.08. The van der Waals surface area contributed by atoms with Crippen molar-refractivity contribution in [1.82, 2.24) is 4.90 Å². The Bertz CT molecular complexity index is 452. The second-order valence-corrected chi connectivity index (χ2v) is 7.02. The fraction of sp³-hybridized carbons (Fsp3) is 0.625. The van der Waals surface area contributed by atoms with Gasteiger partial charge in [0.15, 0.2) is 0 Å². The van der Waals surface area contributed by atoms with Crippen molar-refractivity contribution < 1.29 is 4.74 Å². The van der Waals surface area contributed by atoms with E-state index in [2.05, 4.69) is 55.6 Å². The Morgan fingerprint density at radius 3 is 2.80 bits per heavy atom. The molecule has 3 atom stereocenters. The van der Waals surface area contributed by atoms with Crippen LogP contribution >= 0.6 is 11.8 Å². The Morgan fingerprint density at radius 2 is 2.20 bits per heavy atom. The normalized spacial score (nSPS) is 25.4. The third-order valence-corrected chi connectivity index (χ3v) is 5.70. The number of rotatable bonds is 4. The van der Waals surface area contributed by atoms with Crippen LogP contribution in [-0.2, 0) is 0 Å². The summed E-state index contributed by atoms with van der Waals surface area (Å²) in [6.07, 6.45) is 0. The van der Waals surface area contributed by atoms with Gasteiger partial charge in [-0.3, -0.25) is 4.90 Å². The number of thioether (sulfide) groups is 1. The van der Waals surface area contributed by atoms with Gasteiger partial charge < -0.3 is 10.5 Å². The summed E-state index contributed by atoms with van der Waals surface area (Å²) in [5.41, 5.74) is 8.56. The average molecular weight is 294 g/mol. The molecule has 112 valence electrons. The molecule has 1 saturated heterocycles. The lowest BCUT2D eigenvalue weighted by atomic mass is 10.00. The van der Waals surface area contributed by atoms with Crippen LogP contribution in [0.15, 0.2) is 18.2 Å². The van der Waals surface area contributed by atoms with Crippen molar-refractivity contribution >= 4 is 11.8 Å². The van der Waals surface area contributed by atoms with E-state index >= 15 is 0 Å². The highest BCUT2D eigenvalue weighted by Crippen LogP contribution is 2.32. The molecule has 1 aromatic carbocycles. The van der Waals surface area contributed by atoms with Gasteiger partial charge in [0, 0.05) is 36.2 Å². The SMILES string of the molecule is COc1ccc(C(CN)N2CCSC(C)C2C)cc1C. The number of hydrogen-bond acceptors (Lipinski definition) is 4. The van der Waals surface area contributed by atoms with Crippen LogP contribution in [0.4, 0.5) is 0 Å². The molecule has 0 spiro atoms. The fourth-order valence-corrected chi connectivity index (χ4v) is 4.09. The van der Waals surface area contributed by atoms with Crippen LogP contribution in [0.25, 0.3) is 0 Å². The molecular formula is C16H26N2OS. The molecule has 1 fully saturated rings. The molecule has 0 amide bonds. The van der Waals surface area contributed by atoms with Crippen LogP contribution < -0.4 is 10.5 Å². The van der Waals surface area contributed by atoms with Gasteiger partial charge in [0.2, 0.25) is 0 Å². The number of nitrogens with two attached hydrogens (primary N) is 1.